The van der Waals surface area contributed by atoms with Crippen LogP contribution in [0.1, 0.15) is 32.3 Å². The summed E-state index contributed by atoms with van der Waals surface area (Å²) in [5.74, 6) is 0.0310. The molecule has 1 N–H and O–H groups in total. The molecule has 0 aliphatic heterocycles. The normalized spacial score (nSPS) is 11.4. The summed E-state index contributed by atoms with van der Waals surface area (Å²) in [5.41, 5.74) is 0.952. The van der Waals surface area contributed by atoms with Gasteiger partial charge in [-0.25, -0.2) is 13.1 Å². The largest absolute Gasteiger partial charge is 0.337 e. The van der Waals surface area contributed by atoms with Gasteiger partial charge in [-0.2, -0.15) is 0 Å². The van der Waals surface area contributed by atoms with Crippen LogP contribution in [0.4, 0.5) is 0 Å². The molecular weight excluding hydrogens is 324 g/mol. The van der Waals surface area contributed by atoms with E-state index in [0.717, 1.165) is 12.0 Å². The number of nitrogens with zero attached hydrogens (tertiary/aromatic N) is 1. The Hall–Kier alpha value is -1.11. The maximum Gasteiger partial charge on any atom is 0.219 e. The van der Waals surface area contributed by atoms with Crippen LogP contribution in [0.25, 0.3) is 0 Å². The second-order valence-corrected chi connectivity index (χ2v) is 7.50. The number of hydrogen-bond acceptors (Lipinski definition) is 3. The molecule has 22 heavy (non-hydrogen) atoms. The lowest BCUT2D eigenvalue weighted by molar-refractivity contribution is -0.129. The lowest BCUT2D eigenvalue weighted by atomic mass is 10.2. The van der Waals surface area contributed by atoms with E-state index in [1.54, 1.807) is 17.0 Å². The standard InChI is InChI=1S/C15H23ClN2O3S/c1-3-4-11-22(20,21)17-9-10-18(13(2)19)12-14-5-7-15(16)8-6-14/h5-8,17H,3-4,9-12H2,1-2H3. The minimum atomic E-state index is -3.25. The van der Waals surface area contributed by atoms with Crippen LogP contribution in [-0.4, -0.2) is 38.1 Å². The molecule has 1 amide bonds. The van der Waals surface area contributed by atoms with Crippen molar-refractivity contribution in [2.75, 3.05) is 18.8 Å². The minimum absolute atomic E-state index is 0.0947. The molecule has 1 aromatic carbocycles. The molecule has 1 rings (SSSR count). The van der Waals surface area contributed by atoms with E-state index in [9.17, 15) is 13.2 Å². The first-order valence-corrected chi connectivity index (χ1v) is 9.34. The number of hydrogen-bond donors (Lipinski definition) is 1. The average Bonchev–Trinajstić information content (AvgIpc) is 2.46. The third-order valence-corrected chi connectivity index (χ3v) is 4.92. The molecule has 124 valence electrons. The molecule has 0 bridgehead atoms. The number of amides is 1. The van der Waals surface area contributed by atoms with Crippen LogP contribution in [-0.2, 0) is 21.4 Å². The molecule has 0 radical (unpaired) electrons. The molecule has 0 atom stereocenters. The molecule has 0 aliphatic rings. The molecule has 0 saturated heterocycles. The summed E-state index contributed by atoms with van der Waals surface area (Å²) in [6.45, 7) is 4.41. The number of unbranched alkanes of at least 4 members (excludes halogenated alkanes) is 1. The Labute approximate surface area is 137 Å². The highest BCUT2D eigenvalue weighted by Crippen LogP contribution is 2.11. The number of halogens is 1. The Balaban J connectivity index is 2.51. The highest BCUT2D eigenvalue weighted by molar-refractivity contribution is 7.89. The van der Waals surface area contributed by atoms with Gasteiger partial charge in [-0.1, -0.05) is 37.1 Å². The van der Waals surface area contributed by atoms with E-state index in [-0.39, 0.29) is 18.2 Å². The molecule has 0 heterocycles. The second kappa shape index (κ2) is 9.12. The van der Waals surface area contributed by atoms with E-state index in [4.69, 9.17) is 11.6 Å². The summed E-state index contributed by atoms with van der Waals surface area (Å²) < 4.78 is 25.9. The fourth-order valence-electron chi connectivity index (χ4n) is 1.90. The first-order valence-electron chi connectivity index (χ1n) is 7.31. The van der Waals surface area contributed by atoms with Crippen molar-refractivity contribution in [3.05, 3.63) is 34.9 Å². The van der Waals surface area contributed by atoms with Crippen LogP contribution in [0.15, 0.2) is 24.3 Å². The summed E-state index contributed by atoms with van der Waals surface area (Å²) in [5, 5.41) is 0.641. The van der Waals surface area contributed by atoms with Crippen LogP contribution in [0.3, 0.4) is 0 Å². The van der Waals surface area contributed by atoms with Crippen molar-refractivity contribution < 1.29 is 13.2 Å². The van der Waals surface area contributed by atoms with Gasteiger partial charge in [0, 0.05) is 31.6 Å². The smallest absolute Gasteiger partial charge is 0.219 e. The van der Waals surface area contributed by atoms with Crippen LogP contribution >= 0.6 is 11.6 Å². The van der Waals surface area contributed by atoms with Crippen molar-refractivity contribution in [3.8, 4) is 0 Å². The van der Waals surface area contributed by atoms with Gasteiger partial charge in [0.2, 0.25) is 15.9 Å². The zero-order valence-corrected chi connectivity index (χ0v) is 14.6. The summed E-state index contributed by atoms with van der Waals surface area (Å²) in [4.78, 5) is 13.3. The van der Waals surface area contributed by atoms with Crippen molar-refractivity contribution in [1.29, 1.82) is 0 Å². The fourth-order valence-corrected chi connectivity index (χ4v) is 3.24. The van der Waals surface area contributed by atoms with Crippen LogP contribution in [0, 0.1) is 0 Å². The third-order valence-electron chi connectivity index (χ3n) is 3.20. The molecule has 0 aromatic heterocycles. The zero-order valence-electron chi connectivity index (χ0n) is 13.0. The molecule has 0 spiro atoms. The van der Waals surface area contributed by atoms with Crippen molar-refractivity contribution >= 4 is 27.5 Å². The van der Waals surface area contributed by atoms with Gasteiger partial charge in [-0.15, -0.1) is 0 Å². The quantitative estimate of drug-likeness (QED) is 0.746. The molecule has 0 fully saturated rings. The van der Waals surface area contributed by atoms with Gasteiger partial charge >= 0.3 is 0 Å². The summed E-state index contributed by atoms with van der Waals surface area (Å²) in [7, 11) is -3.25. The molecule has 0 unspecified atom stereocenters. The Bertz CT molecular complexity index is 573. The number of sulfonamides is 1. The van der Waals surface area contributed by atoms with Gasteiger partial charge in [-0.3, -0.25) is 4.79 Å². The Morgan fingerprint density at radius 1 is 1.27 bits per heavy atom. The SMILES string of the molecule is CCCCS(=O)(=O)NCCN(Cc1ccc(Cl)cc1)C(C)=O. The van der Waals surface area contributed by atoms with E-state index in [2.05, 4.69) is 4.72 Å². The van der Waals surface area contributed by atoms with Crippen molar-refractivity contribution in [1.82, 2.24) is 9.62 Å². The Morgan fingerprint density at radius 2 is 1.91 bits per heavy atom. The van der Waals surface area contributed by atoms with Crippen LogP contribution < -0.4 is 4.72 Å². The minimum Gasteiger partial charge on any atom is -0.337 e. The highest BCUT2D eigenvalue weighted by atomic mass is 35.5. The number of nitrogens with one attached hydrogen (secondary N) is 1. The van der Waals surface area contributed by atoms with Gasteiger partial charge in [0.1, 0.15) is 0 Å². The van der Waals surface area contributed by atoms with Gasteiger partial charge in [0.25, 0.3) is 0 Å². The van der Waals surface area contributed by atoms with Crippen molar-refractivity contribution in [2.24, 2.45) is 0 Å². The predicted octanol–water partition coefficient (Wildman–Crippen LogP) is 2.41. The van der Waals surface area contributed by atoms with E-state index >= 15 is 0 Å². The monoisotopic (exact) mass is 346 g/mol. The molecular formula is C15H23ClN2O3S. The molecule has 0 saturated carbocycles. The maximum atomic E-state index is 11.7. The average molecular weight is 347 g/mol. The van der Waals surface area contributed by atoms with Gasteiger partial charge in [-0.05, 0) is 24.1 Å². The van der Waals surface area contributed by atoms with E-state index in [0.29, 0.717) is 24.5 Å². The van der Waals surface area contributed by atoms with Gasteiger partial charge < -0.3 is 4.90 Å². The van der Waals surface area contributed by atoms with Gasteiger partial charge in [0.15, 0.2) is 0 Å². The van der Waals surface area contributed by atoms with E-state index < -0.39 is 10.0 Å². The summed E-state index contributed by atoms with van der Waals surface area (Å²) >= 11 is 5.83. The Kier molecular flexibility index (Phi) is 7.85. The van der Waals surface area contributed by atoms with E-state index in [1.807, 2.05) is 19.1 Å². The lowest BCUT2D eigenvalue weighted by Gasteiger charge is -2.21. The summed E-state index contributed by atoms with van der Waals surface area (Å²) in [6, 6.07) is 7.23. The fraction of sp³-hybridized carbons (Fsp3) is 0.533. The predicted molar refractivity (Wildman–Crippen MR) is 89.2 cm³/mol. The summed E-state index contributed by atoms with van der Waals surface area (Å²) in [6.07, 6.45) is 1.47. The zero-order chi connectivity index (χ0) is 16.6. The second-order valence-electron chi connectivity index (χ2n) is 5.13. The highest BCUT2D eigenvalue weighted by Gasteiger charge is 2.12. The number of carbonyl (C=O) groups is 1. The lowest BCUT2D eigenvalue weighted by Crippen LogP contribution is -2.37. The van der Waals surface area contributed by atoms with Crippen LogP contribution in [0.2, 0.25) is 5.02 Å². The first kappa shape index (κ1) is 18.9. The molecule has 1 aromatic rings. The topological polar surface area (TPSA) is 66.5 Å². The maximum absolute atomic E-state index is 11.7. The molecule has 7 heteroatoms. The number of benzene rings is 1. The van der Waals surface area contributed by atoms with Gasteiger partial charge in [0.05, 0.1) is 5.75 Å². The van der Waals surface area contributed by atoms with E-state index in [1.165, 1.54) is 6.92 Å². The molecule has 0 aliphatic carbocycles. The molecule has 5 nitrogen and oxygen atoms in total. The van der Waals surface area contributed by atoms with Crippen LogP contribution in [0.5, 0.6) is 0 Å². The first-order chi connectivity index (χ1) is 10.3. The van der Waals surface area contributed by atoms with Crippen molar-refractivity contribution in [3.63, 3.8) is 0 Å². The third kappa shape index (κ3) is 7.24. The van der Waals surface area contributed by atoms with Crippen molar-refractivity contribution in [2.45, 2.75) is 33.2 Å². The Morgan fingerprint density at radius 3 is 2.45 bits per heavy atom. The number of carbonyl (C=O) groups excluding carboxylic acids is 1. The number of rotatable bonds is 9.